The van der Waals surface area contributed by atoms with E-state index in [-0.39, 0.29) is 10.8 Å². The molecule has 0 N–H and O–H groups in total. The van der Waals surface area contributed by atoms with Gasteiger partial charge in [0.2, 0.25) is 5.95 Å². The van der Waals surface area contributed by atoms with E-state index in [1.54, 1.807) is 0 Å². The van der Waals surface area contributed by atoms with Crippen LogP contribution < -0.4 is 0 Å². The van der Waals surface area contributed by atoms with Gasteiger partial charge in [0.15, 0.2) is 11.6 Å². The van der Waals surface area contributed by atoms with E-state index in [4.69, 9.17) is 15.0 Å². The van der Waals surface area contributed by atoms with Crippen LogP contribution in [-0.4, -0.2) is 24.1 Å². The molecule has 0 amide bonds. The van der Waals surface area contributed by atoms with Gasteiger partial charge < -0.3 is 4.57 Å². The number of hydrogen-bond acceptors (Lipinski definition) is 3. The monoisotopic (exact) mass is 687 g/mol. The summed E-state index contributed by atoms with van der Waals surface area (Å²) >= 11 is 0. The molecule has 5 heteroatoms. The van der Waals surface area contributed by atoms with Gasteiger partial charge in [-0.3, -0.25) is 4.57 Å². The molecule has 1 aliphatic carbocycles. The quantitative estimate of drug-likeness (QED) is 0.185. The topological polar surface area (TPSA) is 48.5 Å². The number of fused-ring (bicyclic) bond motifs is 7. The maximum Gasteiger partial charge on any atom is 0.238 e. The number of rotatable bonds is 4. The summed E-state index contributed by atoms with van der Waals surface area (Å²) in [4.78, 5) is 15.4. The van der Waals surface area contributed by atoms with Crippen molar-refractivity contribution in [1.82, 2.24) is 24.1 Å². The van der Waals surface area contributed by atoms with Crippen molar-refractivity contribution in [2.45, 2.75) is 51.9 Å². The first kappa shape index (κ1) is 31.6. The smallest absolute Gasteiger partial charge is 0.238 e. The average molecular weight is 688 g/mol. The molecule has 53 heavy (non-hydrogen) atoms. The molecule has 0 saturated carbocycles. The first-order valence-electron chi connectivity index (χ1n) is 18.7. The molecule has 0 bridgehead atoms. The standard InChI is InChI=1S/C48H41N5/c1-30-29-47(2,3)38-25-24-33(26-39(38)48(30,4)5)52-40-22-14-12-20-34(40)36-27-37-35-21-13-15-23-41(35)53(43(37)28-42(36)52)46-50-44(31-16-8-6-9-17-31)49-45(51-46)32-18-10-7-11-19-32/h6-28,30H,29H2,1-5H3. The molecule has 9 aromatic rings. The Kier molecular flexibility index (Phi) is 6.85. The van der Waals surface area contributed by atoms with Crippen molar-refractivity contribution < 1.29 is 0 Å². The minimum absolute atomic E-state index is 0.0604. The highest BCUT2D eigenvalue weighted by atomic mass is 15.2. The number of aromatic nitrogens is 5. The highest BCUT2D eigenvalue weighted by Crippen LogP contribution is 2.50. The van der Waals surface area contributed by atoms with Gasteiger partial charge in [0.05, 0.1) is 22.1 Å². The first-order chi connectivity index (χ1) is 25.7. The van der Waals surface area contributed by atoms with Crippen LogP contribution in [0.2, 0.25) is 0 Å². The number of hydrogen-bond donors (Lipinski definition) is 0. The van der Waals surface area contributed by atoms with Crippen LogP contribution in [-0.2, 0) is 10.8 Å². The summed E-state index contributed by atoms with van der Waals surface area (Å²) in [6.45, 7) is 12.1. The van der Waals surface area contributed by atoms with Gasteiger partial charge in [0.1, 0.15) is 0 Å². The lowest BCUT2D eigenvalue weighted by atomic mass is 9.58. The van der Waals surface area contributed by atoms with E-state index in [0.717, 1.165) is 33.1 Å². The Morgan fingerprint density at radius 1 is 0.491 bits per heavy atom. The summed E-state index contributed by atoms with van der Waals surface area (Å²) in [6.07, 6.45) is 1.18. The number of nitrogens with zero attached hydrogens (tertiary/aromatic N) is 5. The molecule has 0 aliphatic heterocycles. The second-order valence-corrected chi connectivity index (χ2v) is 16.0. The van der Waals surface area contributed by atoms with Crippen molar-refractivity contribution in [1.29, 1.82) is 0 Å². The third-order valence-corrected chi connectivity index (χ3v) is 12.1. The lowest BCUT2D eigenvalue weighted by molar-refractivity contribution is 0.233. The fraction of sp³-hybridized carbons (Fsp3) is 0.188. The van der Waals surface area contributed by atoms with E-state index < -0.39 is 0 Å². The third-order valence-electron chi connectivity index (χ3n) is 12.1. The maximum atomic E-state index is 5.19. The molecule has 10 rings (SSSR count). The normalized spacial score (nSPS) is 16.4. The molecular formula is C48H41N5. The summed E-state index contributed by atoms with van der Waals surface area (Å²) in [6, 6.07) is 49.8. The van der Waals surface area contributed by atoms with Crippen molar-refractivity contribution in [3.8, 4) is 34.4 Å². The molecule has 0 fully saturated rings. The highest BCUT2D eigenvalue weighted by Gasteiger charge is 2.42. The molecule has 1 unspecified atom stereocenters. The van der Waals surface area contributed by atoms with Gasteiger partial charge in [-0.25, -0.2) is 4.98 Å². The van der Waals surface area contributed by atoms with Gasteiger partial charge >= 0.3 is 0 Å². The van der Waals surface area contributed by atoms with Gasteiger partial charge in [-0.2, -0.15) is 9.97 Å². The van der Waals surface area contributed by atoms with E-state index in [2.05, 4.69) is 147 Å². The lowest BCUT2D eigenvalue weighted by Gasteiger charge is -2.46. The molecule has 1 aliphatic rings. The fourth-order valence-electron chi connectivity index (χ4n) is 9.01. The van der Waals surface area contributed by atoms with Crippen molar-refractivity contribution >= 4 is 43.6 Å². The molecule has 3 aromatic heterocycles. The Morgan fingerprint density at radius 2 is 1.02 bits per heavy atom. The van der Waals surface area contributed by atoms with Crippen molar-refractivity contribution in [2.24, 2.45) is 5.92 Å². The van der Waals surface area contributed by atoms with E-state index in [1.807, 2.05) is 36.4 Å². The number of para-hydroxylation sites is 2. The number of benzene rings is 6. The molecule has 0 spiro atoms. The summed E-state index contributed by atoms with van der Waals surface area (Å²) < 4.78 is 4.69. The Bertz CT molecular complexity index is 2820. The molecular weight excluding hydrogens is 647 g/mol. The largest absolute Gasteiger partial charge is 0.309 e. The van der Waals surface area contributed by atoms with E-state index >= 15 is 0 Å². The lowest BCUT2D eigenvalue weighted by Crippen LogP contribution is -2.40. The minimum atomic E-state index is 0.0604. The Hall–Kier alpha value is -6.07. The van der Waals surface area contributed by atoms with Crippen LogP contribution in [0.4, 0.5) is 0 Å². The predicted molar refractivity (Wildman–Crippen MR) is 219 cm³/mol. The summed E-state index contributed by atoms with van der Waals surface area (Å²) in [5, 5.41) is 4.80. The molecule has 6 aromatic carbocycles. The first-order valence-corrected chi connectivity index (χ1v) is 18.7. The van der Waals surface area contributed by atoms with E-state index in [9.17, 15) is 0 Å². The van der Waals surface area contributed by atoms with Gasteiger partial charge in [0, 0.05) is 38.4 Å². The van der Waals surface area contributed by atoms with Gasteiger partial charge in [-0.05, 0) is 70.7 Å². The average Bonchev–Trinajstić information content (AvgIpc) is 3.68. The molecule has 258 valence electrons. The van der Waals surface area contributed by atoms with Crippen LogP contribution in [0, 0.1) is 5.92 Å². The van der Waals surface area contributed by atoms with Crippen LogP contribution in [0.25, 0.3) is 78.0 Å². The van der Waals surface area contributed by atoms with Crippen molar-refractivity contribution in [2.75, 3.05) is 0 Å². The van der Waals surface area contributed by atoms with Crippen LogP contribution in [0.1, 0.15) is 52.2 Å². The fourth-order valence-corrected chi connectivity index (χ4v) is 9.01. The van der Waals surface area contributed by atoms with Gasteiger partial charge in [-0.1, -0.05) is 138 Å². The van der Waals surface area contributed by atoms with Crippen LogP contribution >= 0.6 is 0 Å². The highest BCUT2D eigenvalue weighted by molar-refractivity contribution is 6.19. The zero-order valence-electron chi connectivity index (χ0n) is 30.8. The summed E-state index contributed by atoms with van der Waals surface area (Å²) in [5.74, 6) is 2.45. The van der Waals surface area contributed by atoms with E-state index in [1.165, 1.54) is 44.9 Å². The molecule has 3 heterocycles. The second-order valence-electron chi connectivity index (χ2n) is 16.0. The van der Waals surface area contributed by atoms with Crippen LogP contribution in [0.5, 0.6) is 0 Å². The van der Waals surface area contributed by atoms with Crippen molar-refractivity contribution in [3.05, 3.63) is 151 Å². The van der Waals surface area contributed by atoms with Gasteiger partial charge in [0.25, 0.3) is 0 Å². The Labute approximate surface area is 309 Å². The van der Waals surface area contributed by atoms with Crippen LogP contribution in [0.3, 0.4) is 0 Å². The third kappa shape index (κ3) is 4.80. The zero-order valence-corrected chi connectivity index (χ0v) is 30.8. The SMILES string of the molecule is CC1CC(C)(C)c2ccc(-n3c4ccccc4c4cc5c6ccccc6n(-c6nc(-c7ccccc7)nc(-c7ccccc7)n6)c5cc43)cc2C1(C)C. The molecule has 5 nitrogen and oxygen atoms in total. The molecule has 0 radical (unpaired) electrons. The summed E-state index contributed by atoms with van der Waals surface area (Å²) in [7, 11) is 0. The van der Waals surface area contributed by atoms with E-state index in [0.29, 0.717) is 23.5 Å². The van der Waals surface area contributed by atoms with Gasteiger partial charge in [-0.15, -0.1) is 0 Å². The zero-order chi connectivity index (χ0) is 36.1. The minimum Gasteiger partial charge on any atom is -0.309 e. The Balaban J connectivity index is 1.29. The predicted octanol–water partition coefficient (Wildman–Crippen LogP) is 12.0. The second kappa shape index (κ2) is 11.5. The molecule has 1 atom stereocenters. The van der Waals surface area contributed by atoms with Crippen LogP contribution in [0.15, 0.2) is 140 Å². The maximum absolute atomic E-state index is 5.19. The summed E-state index contributed by atoms with van der Waals surface area (Å²) in [5.41, 5.74) is 10.7. The molecule has 0 saturated heterocycles. The Morgan fingerprint density at radius 3 is 1.62 bits per heavy atom. The van der Waals surface area contributed by atoms with Crippen molar-refractivity contribution in [3.63, 3.8) is 0 Å².